The van der Waals surface area contributed by atoms with Gasteiger partial charge in [-0.3, -0.25) is 0 Å². The number of halogens is 1. The van der Waals surface area contributed by atoms with E-state index in [2.05, 4.69) is 15.9 Å². The minimum atomic E-state index is -1.07. The van der Waals surface area contributed by atoms with E-state index in [0.29, 0.717) is 11.4 Å². The fourth-order valence-electron chi connectivity index (χ4n) is 1.67. The number of para-hydroxylation sites is 1. The molecule has 4 nitrogen and oxygen atoms in total. The van der Waals surface area contributed by atoms with Gasteiger partial charge < -0.3 is 15.6 Å². The molecule has 0 aliphatic heterocycles. The summed E-state index contributed by atoms with van der Waals surface area (Å²) in [6.07, 6.45) is 0. The van der Waals surface area contributed by atoms with Crippen LogP contribution in [0.5, 0.6) is 11.5 Å². The van der Waals surface area contributed by atoms with Gasteiger partial charge in [0.05, 0.1) is 5.69 Å². The van der Waals surface area contributed by atoms with Crippen LogP contribution in [0.1, 0.15) is 15.9 Å². The van der Waals surface area contributed by atoms with E-state index in [0.717, 1.165) is 10.0 Å². The molecule has 2 aromatic rings. The monoisotopic (exact) mass is 321 g/mol. The Bertz CT molecular complexity index is 641. The fraction of sp³-hybridized carbons (Fsp3) is 0.0714. The number of benzene rings is 2. The third-order valence-corrected chi connectivity index (χ3v) is 3.12. The van der Waals surface area contributed by atoms with Crippen molar-refractivity contribution in [2.24, 2.45) is 0 Å². The van der Waals surface area contributed by atoms with Gasteiger partial charge in [-0.05, 0) is 42.8 Å². The highest BCUT2D eigenvalue weighted by atomic mass is 79.9. The molecule has 0 aliphatic carbocycles. The number of hydrogen-bond acceptors (Lipinski definition) is 3. The third-order valence-electron chi connectivity index (χ3n) is 2.62. The molecule has 0 saturated carbocycles. The van der Waals surface area contributed by atoms with Gasteiger partial charge in [-0.2, -0.15) is 0 Å². The topological polar surface area (TPSA) is 72.5 Å². The maximum absolute atomic E-state index is 11.2. The van der Waals surface area contributed by atoms with E-state index in [-0.39, 0.29) is 11.3 Å². The third kappa shape index (κ3) is 2.88. The normalized spacial score (nSPS) is 10.2. The first-order valence-electron chi connectivity index (χ1n) is 5.55. The second-order valence-corrected chi connectivity index (χ2v) is 4.96. The predicted octanol–water partition coefficient (Wildman–Crippen LogP) is 3.83. The van der Waals surface area contributed by atoms with E-state index in [4.69, 9.17) is 15.6 Å². The quantitative estimate of drug-likeness (QED) is 0.843. The highest BCUT2D eigenvalue weighted by Crippen LogP contribution is 2.33. The van der Waals surface area contributed by atoms with Gasteiger partial charge in [0.2, 0.25) is 0 Å². The van der Waals surface area contributed by atoms with Crippen molar-refractivity contribution in [1.29, 1.82) is 0 Å². The predicted molar refractivity (Wildman–Crippen MR) is 76.8 cm³/mol. The van der Waals surface area contributed by atoms with Gasteiger partial charge in [0.25, 0.3) is 0 Å². The van der Waals surface area contributed by atoms with Crippen LogP contribution < -0.4 is 10.5 Å². The molecule has 2 aromatic carbocycles. The summed E-state index contributed by atoms with van der Waals surface area (Å²) in [4.78, 5) is 11.2. The van der Waals surface area contributed by atoms with E-state index in [1.165, 1.54) is 6.07 Å². The van der Waals surface area contributed by atoms with E-state index in [1.807, 2.05) is 19.1 Å². The molecule has 0 bridgehead atoms. The molecule has 0 saturated heterocycles. The van der Waals surface area contributed by atoms with Crippen molar-refractivity contribution in [2.45, 2.75) is 6.92 Å². The first kappa shape index (κ1) is 13.4. The number of nitrogen functional groups attached to an aromatic ring is 1. The van der Waals surface area contributed by atoms with Gasteiger partial charge >= 0.3 is 5.97 Å². The van der Waals surface area contributed by atoms with Gasteiger partial charge in [-0.15, -0.1) is 0 Å². The summed E-state index contributed by atoms with van der Waals surface area (Å²) in [5, 5.41) is 9.14. The van der Waals surface area contributed by atoms with Gasteiger partial charge in [0.15, 0.2) is 5.75 Å². The van der Waals surface area contributed by atoms with Gasteiger partial charge in [0.1, 0.15) is 11.3 Å². The number of ether oxygens (including phenoxy) is 1. The molecule has 3 N–H and O–H groups in total. The zero-order valence-electron chi connectivity index (χ0n) is 10.2. The molecule has 0 heterocycles. The first-order chi connectivity index (χ1) is 8.99. The Kier molecular flexibility index (Phi) is 3.76. The molecule has 0 aliphatic rings. The molecule has 0 aromatic heterocycles. The van der Waals surface area contributed by atoms with Crippen LogP contribution in [0.25, 0.3) is 0 Å². The lowest BCUT2D eigenvalue weighted by Gasteiger charge is -2.13. The van der Waals surface area contributed by atoms with E-state index < -0.39 is 5.97 Å². The van der Waals surface area contributed by atoms with Crippen LogP contribution >= 0.6 is 15.9 Å². The number of rotatable bonds is 3. The number of anilines is 1. The maximum atomic E-state index is 11.2. The highest BCUT2D eigenvalue weighted by Gasteiger charge is 2.15. The van der Waals surface area contributed by atoms with Crippen molar-refractivity contribution < 1.29 is 14.6 Å². The summed E-state index contributed by atoms with van der Waals surface area (Å²) in [7, 11) is 0. The second kappa shape index (κ2) is 5.32. The smallest absolute Gasteiger partial charge is 0.339 e. The Hall–Kier alpha value is -2.01. The summed E-state index contributed by atoms with van der Waals surface area (Å²) < 4.78 is 6.59. The van der Waals surface area contributed by atoms with Crippen LogP contribution in [0, 0.1) is 6.92 Å². The number of nitrogens with two attached hydrogens (primary N) is 1. The van der Waals surface area contributed by atoms with Crippen molar-refractivity contribution >= 4 is 27.6 Å². The van der Waals surface area contributed by atoms with E-state index in [9.17, 15) is 4.79 Å². The van der Waals surface area contributed by atoms with Crippen LogP contribution in [-0.4, -0.2) is 11.1 Å². The lowest BCUT2D eigenvalue weighted by molar-refractivity contribution is 0.0694. The lowest BCUT2D eigenvalue weighted by atomic mass is 10.1. The number of carboxylic acids is 1. The molecule has 0 fully saturated rings. The van der Waals surface area contributed by atoms with Crippen molar-refractivity contribution in [3.8, 4) is 11.5 Å². The zero-order valence-corrected chi connectivity index (χ0v) is 11.8. The Labute approximate surface area is 118 Å². The first-order valence-corrected chi connectivity index (χ1v) is 6.34. The summed E-state index contributed by atoms with van der Waals surface area (Å²) in [6.45, 7) is 1.87. The van der Waals surface area contributed by atoms with Crippen molar-refractivity contribution in [1.82, 2.24) is 0 Å². The number of aromatic carboxylic acids is 1. The molecule has 0 radical (unpaired) electrons. The van der Waals surface area contributed by atoms with Gasteiger partial charge in [-0.1, -0.05) is 22.0 Å². The number of carboxylic acid groups (broad SMARTS) is 1. The van der Waals surface area contributed by atoms with Crippen molar-refractivity contribution in [3.63, 3.8) is 0 Å². The van der Waals surface area contributed by atoms with E-state index in [1.54, 1.807) is 18.2 Å². The molecule has 5 heteroatoms. The molecule has 0 amide bonds. The SMILES string of the molecule is Cc1cc(Br)ccc1Oc1c(N)cccc1C(=O)O. The molecular formula is C14H12BrNO3. The second-order valence-electron chi connectivity index (χ2n) is 4.04. The molecule has 98 valence electrons. The van der Waals surface area contributed by atoms with Crippen LogP contribution in [0.15, 0.2) is 40.9 Å². The lowest BCUT2D eigenvalue weighted by Crippen LogP contribution is -2.03. The van der Waals surface area contributed by atoms with Crippen molar-refractivity contribution in [3.05, 3.63) is 52.0 Å². The molecular weight excluding hydrogens is 310 g/mol. The molecule has 19 heavy (non-hydrogen) atoms. The Morgan fingerprint density at radius 1 is 1.32 bits per heavy atom. The summed E-state index contributed by atoms with van der Waals surface area (Å²) in [5.74, 6) is -0.332. The number of hydrogen-bond donors (Lipinski definition) is 2. The molecule has 0 atom stereocenters. The Balaban J connectivity index is 2.46. The fourth-order valence-corrected chi connectivity index (χ4v) is 2.15. The Morgan fingerprint density at radius 3 is 2.68 bits per heavy atom. The van der Waals surface area contributed by atoms with Crippen LogP contribution in [0.2, 0.25) is 0 Å². The number of aryl methyl sites for hydroxylation is 1. The summed E-state index contributed by atoms with van der Waals surface area (Å²) in [5.41, 5.74) is 7.01. The van der Waals surface area contributed by atoms with Crippen LogP contribution in [0.4, 0.5) is 5.69 Å². The van der Waals surface area contributed by atoms with Crippen molar-refractivity contribution in [2.75, 3.05) is 5.73 Å². The Morgan fingerprint density at radius 2 is 2.05 bits per heavy atom. The van der Waals surface area contributed by atoms with Gasteiger partial charge in [0, 0.05) is 4.47 Å². The summed E-state index contributed by atoms with van der Waals surface area (Å²) in [6, 6.07) is 10.1. The zero-order chi connectivity index (χ0) is 14.0. The minimum Gasteiger partial charge on any atom is -0.478 e. The van der Waals surface area contributed by atoms with Gasteiger partial charge in [-0.25, -0.2) is 4.79 Å². The maximum Gasteiger partial charge on any atom is 0.339 e. The summed E-state index contributed by atoms with van der Waals surface area (Å²) >= 11 is 3.36. The number of carbonyl (C=O) groups is 1. The molecule has 0 unspecified atom stereocenters. The highest BCUT2D eigenvalue weighted by molar-refractivity contribution is 9.10. The molecule has 0 spiro atoms. The average Bonchev–Trinajstić information content (AvgIpc) is 2.34. The standard InChI is InChI=1S/C14H12BrNO3/c1-8-7-9(15)5-6-12(8)19-13-10(14(17)18)3-2-4-11(13)16/h2-7H,16H2,1H3,(H,17,18). The van der Waals surface area contributed by atoms with Crippen LogP contribution in [-0.2, 0) is 0 Å². The minimum absolute atomic E-state index is 0.0438. The largest absolute Gasteiger partial charge is 0.478 e. The van der Waals surface area contributed by atoms with E-state index >= 15 is 0 Å². The average molecular weight is 322 g/mol. The van der Waals surface area contributed by atoms with Crippen LogP contribution in [0.3, 0.4) is 0 Å². The molecule has 2 rings (SSSR count).